The third kappa shape index (κ3) is 2.30. The summed E-state index contributed by atoms with van der Waals surface area (Å²) >= 11 is 0. The van der Waals surface area contributed by atoms with Crippen molar-refractivity contribution in [3.8, 4) is 11.5 Å². The number of para-hydroxylation sites is 1. The summed E-state index contributed by atoms with van der Waals surface area (Å²) in [6.45, 7) is 1.71. The number of halogens is 2. The minimum Gasteiger partial charge on any atom is -0.493 e. The first-order chi connectivity index (χ1) is 11.9. The second-order valence-corrected chi connectivity index (χ2v) is 6.29. The number of urea groups is 1. The van der Waals surface area contributed by atoms with Gasteiger partial charge in [0.2, 0.25) is 0 Å². The van der Waals surface area contributed by atoms with Crippen molar-refractivity contribution in [3.05, 3.63) is 53.6 Å². The van der Waals surface area contributed by atoms with Crippen LogP contribution in [0.25, 0.3) is 0 Å². The summed E-state index contributed by atoms with van der Waals surface area (Å²) in [6.07, 6.45) is 0.412. The highest BCUT2D eigenvalue weighted by molar-refractivity contribution is 5.95. The number of nitrogens with zero attached hydrogens (tertiary/aromatic N) is 1. The van der Waals surface area contributed by atoms with E-state index in [1.165, 1.54) is 18.1 Å². The smallest absolute Gasteiger partial charge is 0.325 e. The first-order valence-electron chi connectivity index (χ1n) is 7.84. The number of methoxy groups -OCH3 is 1. The maximum atomic E-state index is 14.3. The summed E-state index contributed by atoms with van der Waals surface area (Å²) in [7, 11) is 1.53. The molecule has 2 atom stereocenters. The van der Waals surface area contributed by atoms with Crippen molar-refractivity contribution in [1.82, 2.24) is 5.32 Å². The standard InChI is InChI=1S/C18H16F2N2O3/c1-18-9-13(11-4-3-5-15(24-2)16(11)25-18)21-17(23)22(18)14-7-6-10(19)8-12(14)20/h3-8,13H,9H2,1-2H3,(H,21,23)/t13-,18+/m1/s1. The molecule has 0 aromatic heterocycles. The topological polar surface area (TPSA) is 50.8 Å². The molecule has 0 aliphatic carbocycles. The van der Waals surface area contributed by atoms with Crippen LogP contribution >= 0.6 is 0 Å². The Hall–Kier alpha value is -2.83. The van der Waals surface area contributed by atoms with Gasteiger partial charge in [0.05, 0.1) is 18.8 Å². The minimum atomic E-state index is -1.13. The van der Waals surface area contributed by atoms with E-state index in [1.807, 2.05) is 12.1 Å². The summed E-state index contributed by atoms with van der Waals surface area (Å²) in [4.78, 5) is 13.8. The number of anilines is 1. The van der Waals surface area contributed by atoms with Crippen LogP contribution in [0.15, 0.2) is 36.4 Å². The summed E-state index contributed by atoms with van der Waals surface area (Å²) in [5.74, 6) is -0.497. The Morgan fingerprint density at radius 1 is 1.32 bits per heavy atom. The summed E-state index contributed by atoms with van der Waals surface area (Å²) in [6, 6.07) is 7.74. The van der Waals surface area contributed by atoms with Gasteiger partial charge in [0.15, 0.2) is 17.2 Å². The number of hydrogen-bond donors (Lipinski definition) is 1. The van der Waals surface area contributed by atoms with Gasteiger partial charge in [-0.3, -0.25) is 4.90 Å². The van der Waals surface area contributed by atoms with Crippen LogP contribution in [0, 0.1) is 11.6 Å². The molecule has 0 spiro atoms. The van der Waals surface area contributed by atoms with Gasteiger partial charge in [-0.25, -0.2) is 13.6 Å². The zero-order valence-electron chi connectivity index (χ0n) is 13.7. The van der Waals surface area contributed by atoms with Crippen molar-refractivity contribution in [1.29, 1.82) is 0 Å². The Bertz CT molecular complexity index is 873. The quantitative estimate of drug-likeness (QED) is 0.901. The highest BCUT2D eigenvalue weighted by atomic mass is 19.1. The van der Waals surface area contributed by atoms with Crippen molar-refractivity contribution >= 4 is 11.7 Å². The van der Waals surface area contributed by atoms with E-state index in [9.17, 15) is 13.6 Å². The van der Waals surface area contributed by atoms with Gasteiger partial charge in [-0.1, -0.05) is 12.1 Å². The zero-order valence-corrected chi connectivity index (χ0v) is 13.7. The number of ether oxygens (including phenoxy) is 2. The number of carbonyl (C=O) groups is 1. The second-order valence-electron chi connectivity index (χ2n) is 6.29. The molecule has 1 N–H and O–H groups in total. The Balaban J connectivity index is 1.84. The Kier molecular flexibility index (Phi) is 3.35. The zero-order chi connectivity index (χ0) is 17.8. The number of rotatable bonds is 2. The number of carbonyl (C=O) groups excluding carboxylic acids is 1. The third-order valence-corrected chi connectivity index (χ3v) is 4.63. The van der Waals surface area contributed by atoms with E-state index in [4.69, 9.17) is 9.47 Å². The number of nitrogens with one attached hydrogen (secondary N) is 1. The van der Waals surface area contributed by atoms with Crippen molar-refractivity contribution in [2.24, 2.45) is 0 Å². The molecule has 2 aromatic carbocycles. The Morgan fingerprint density at radius 3 is 2.84 bits per heavy atom. The normalized spacial score (nSPS) is 24.2. The summed E-state index contributed by atoms with van der Waals surface area (Å²) in [5, 5.41) is 2.86. The van der Waals surface area contributed by atoms with Crippen molar-refractivity contribution in [3.63, 3.8) is 0 Å². The predicted molar refractivity (Wildman–Crippen MR) is 86.8 cm³/mol. The van der Waals surface area contributed by atoms with Crippen LogP contribution in [0.4, 0.5) is 19.3 Å². The average Bonchev–Trinajstić information content (AvgIpc) is 2.55. The first kappa shape index (κ1) is 15.7. The van der Waals surface area contributed by atoms with Crippen LogP contribution in [-0.2, 0) is 0 Å². The molecular weight excluding hydrogens is 330 g/mol. The molecule has 2 aliphatic heterocycles. The summed E-state index contributed by atoms with van der Waals surface area (Å²) < 4.78 is 39.0. The molecule has 130 valence electrons. The molecule has 25 heavy (non-hydrogen) atoms. The lowest BCUT2D eigenvalue weighted by Gasteiger charge is -2.50. The Labute approximate surface area is 143 Å². The van der Waals surface area contributed by atoms with Crippen LogP contribution in [0.3, 0.4) is 0 Å². The molecule has 2 aromatic rings. The lowest BCUT2D eigenvalue weighted by Crippen LogP contribution is -2.65. The van der Waals surface area contributed by atoms with Gasteiger partial charge >= 0.3 is 6.03 Å². The van der Waals surface area contributed by atoms with Crippen LogP contribution in [0.2, 0.25) is 0 Å². The lowest BCUT2D eigenvalue weighted by molar-refractivity contribution is 0.0344. The lowest BCUT2D eigenvalue weighted by atomic mass is 9.90. The van der Waals surface area contributed by atoms with E-state index in [2.05, 4.69) is 5.32 Å². The van der Waals surface area contributed by atoms with Gasteiger partial charge < -0.3 is 14.8 Å². The van der Waals surface area contributed by atoms with Crippen LogP contribution in [0.5, 0.6) is 11.5 Å². The van der Waals surface area contributed by atoms with Gasteiger partial charge in [0.1, 0.15) is 11.6 Å². The molecule has 4 rings (SSSR count). The number of hydrogen-bond acceptors (Lipinski definition) is 3. The van der Waals surface area contributed by atoms with E-state index in [-0.39, 0.29) is 11.7 Å². The fourth-order valence-electron chi connectivity index (χ4n) is 3.55. The van der Waals surface area contributed by atoms with Gasteiger partial charge in [0, 0.05) is 18.1 Å². The van der Waals surface area contributed by atoms with Crippen LogP contribution in [-0.4, -0.2) is 18.9 Å². The van der Waals surface area contributed by atoms with E-state index in [0.29, 0.717) is 17.9 Å². The molecular formula is C18H16F2N2O3. The maximum absolute atomic E-state index is 14.3. The molecule has 0 radical (unpaired) electrons. The molecule has 0 unspecified atom stereocenters. The molecule has 2 heterocycles. The molecule has 2 bridgehead atoms. The van der Waals surface area contributed by atoms with E-state index in [0.717, 1.165) is 17.7 Å². The van der Waals surface area contributed by atoms with E-state index in [1.54, 1.807) is 13.0 Å². The van der Waals surface area contributed by atoms with Gasteiger partial charge in [0.25, 0.3) is 0 Å². The van der Waals surface area contributed by atoms with Crippen molar-refractivity contribution < 1.29 is 23.0 Å². The molecule has 1 saturated heterocycles. The van der Waals surface area contributed by atoms with Gasteiger partial charge in [-0.15, -0.1) is 0 Å². The van der Waals surface area contributed by atoms with Gasteiger partial charge in [-0.05, 0) is 25.1 Å². The molecule has 5 nitrogen and oxygen atoms in total. The first-order valence-corrected chi connectivity index (χ1v) is 7.84. The largest absolute Gasteiger partial charge is 0.493 e. The van der Waals surface area contributed by atoms with Crippen molar-refractivity contribution in [2.75, 3.05) is 12.0 Å². The maximum Gasteiger partial charge on any atom is 0.325 e. The summed E-state index contributed by atoms with van der Waals surface area (Å²) in [5.41, 5.74) is -0.365. The molecule has 2 amide bonds. The molecule has 7 heteroatoms. The molecule has 1 fully saturated rings. The highest BCUT2D eigenvalue weighted by Crippen LogP contribution is 2.49. The van der Waals surface area contributed by atoms with E-state index >= 15 is 0 Å². The molecule has 0 saturated carbocycles. The molecule has 2 aliphatic rings. The second kappa shape index (κ2) is 5.34. The third-order valence-electron chi connectivity index (χ3n) is 4.63. The van der Waals surface area contributed by atoms with E-state index < -0.39 is 23.4 Å². The van der Waals surface area contributed by atoms with Crippen molar-refractivity contribution in [2.45, 2.75) is 25.1 Å². The predicted octanol–water partition coefficient (Wildman–Crippen LogP) is 3.74. The number of fused-ring (bicyclic) bond motifs is 4. The highest BCUT2D eigenvalue weighted by Gasteiger charge is 2.51. The monoisotopic (exact) mass is 346 g/mol. The average molecular weight is 346 g/mol. The van der Waals surface area contributed by atoms with Crippen LogP contribution < -0.4 is 19.7 Å². The van der Waals surface area contributed by atoms with Gasteiger partial charge in [-0.2, -0.15) is 0 Å². The number of benzene rings is 2. The minimum absolute atomic E-state index is 0.0433. The Morgan fingerprint density at radius 2 is 2.12 bits per heavy atom. The van der Waals surface area contributed by atoms with Crippen LogP contribution in [0.1, 0.15) is 24.9 Å². The SMILES string of the molecule is COc1cccc2c1O[C@@]1(C)C[C@H]2NC(=O)N1c1ccc(F)cc1F. The fraction of sp³-hybridized carbons (Fsp3) is 0.278. The number of amides is 2. The fourth-order valence-corrected chi connectivity index (χ4v) is 3.55.